The maximum absolute atomic E-state index is 11.9. The van der Waals surface area contributed by atoms with Crippen molar-refractivity contribution in [2.45, 2.75) is 0 Å². The molecular formula is C108H58N24. The maximum Gasteiger partial charge on any atom is 0.159 e. The van der Waals surface area contributed by atoms with E-state index in [1.807, 2.05) is 127 Å². The molecule has 0 N–H and O–H groups in total. The summed E-state index contributed by atoms with van der Waals surface area (Å²) in [6.07, 6.45) is 24.1. The first kappa shape index (κ1) is 76.1. The first-order valence-electron chi connectivity index (χ1n) is 42.1. The van der Waals surface area contributed by atoms with E-state index in [1.54, 1.807) is 135 Å². The second kappa shape index (κ2) is 31.3. The third-order valence-electron chi connectivity index (χ3n) is 24.1. The number of hydrogen-bond acceptors (Lipinski definition) is 20. The Labute approximate surface area is 749 Å². The summed E-state index contributed by atoms with van der Waals surface area (Å²) >= 11 is 0. The van der Waals surface area contributed by atoms with Gasteiger partial charge in [-0.15, -0.1) is 0 Å². The molecule has 0 saturated carbocycles. The van der Waals surface area contributed by atoms with E-state index in [1.165, 1.54) is 0 Å². The highest BCUT2D eigenvalue weighted by atomic mass is 15.0. The first-order valence-corrected chi connectivity index (χ1v) is 42.1. The molecule has 0 aliphatic carbocycles. The largest absolute Gasteiger partial charge is 0.309 e. The highest BCUT2D eigenvalue weighted by molar-refractivity contribution is 6.16. The number of nitrogens with zero attached hydrogens (tertiary/aromatic N) is 24. The van der Waals surface area contributed by atoms with Crippen molar-refractivity contribution >= 4 is 87.2 Å². The Bertz CT molecular complexity index is 8890. The van der Waals surface area contributed by atoms with Gasteiger partial charge < -0.3 is 18.3 Å². The van der Waals surface area contributed by atoms with E-state index in [0.29, 0.717) is 125 Å². The first-order chi connectivity index (χ1) is 65.2. The Kier molecular flexibility index (Phi) is 18.0. The van der Waals surface area contributed by atoms with Crippen molar-refractivity contribution in [3.63, 3.8) is 0 Å². The van der Waals surface area contributed by atoms with Crippen LogP contribution in [0.4, 0.5) is 0 Å². The lowest BCUT2D eigenvalue weighted by Gasteiger charge is -2.19. The molecule has 0 fully saturated rings. The van der Waals surface area contributed by atoms with Gasteiger partial charge >= 0.3 is 0 Å². The van der Waals surface area contributed by atoms with Crippen molar-refractivity contribution in [1.29, 1.82) is 21.0 Å². The average molecular weight is 1690 g/mol. The Morgan fingerprint density at radius 2 is 0.439 bits per heavy atom. The van der Waals surface area contributed by atoms with Crippen LogP contribution < -0.4 is 0 Å². The molecule has 0 bridgehead atoms. The van der Waals surface area contributed by atoms with E-state index in [2.05, 4.69) is 173 Å². The minimum atomic E-state index is 0.341. The zero-order chi connectivity index (χ0) is 88.0. The summed E-state index contributed by atoms with van der Waals surface area (Å²) in [4.78, 5) is 76.5. The molecule has 0 unspecified atom stereocenters. The number of nitriles is 4. The summed E-state index contributed by atoms with van der Waals surface area (Å²) in [5, 5.41) is 52.1. The summed E-state index contributed by atoms with van der Waals surface area (Å²) < 4.78 is 8.59. The topological polar surface area (TPSA) is 321 Å². The van der Waals surface area contributed by atoms with Gasteiger partial charge in [0, 0.05) is 185 Å². The molecule has 24 rings (SSSR count). The zero-order valence-electron chi connectivity index (χ0n) is 69.2. The van der Waals surface area contributed by atoms with Gasteiger partial charge in [-0.05, 0) is 205 Å². The van der Waals surface area contributed by atoms with Crippen molar-refractivity contribution in [3.05, 3.63) is 376 Å². The summed E-state index contributed by atoms with van der Waals surface area (Å²) in [6.45, 7) is 0. The molecule has 132 heavy (non-hydrogen) atoms. The molecule has 12 heterocycles. The molecule has 24 aromatic rings. The molecule has 0 amide bonds. The molecule has 610 valence electrons. The van der Waals surface area contributed by atoms with Crippen LogP contribution in [0.25, 0.3) is 235 Å². The second-order valence-electron chi connectivity index (χ2n) is 31.5. The molecule has 24 heteroatoms. The molecule has 12 aromatic heterocycles. The molecule has 0 saturated heterocycles. The van der Waals surface area contributed by atoms with Gasteiger partial charge in [-0.2, -0.15) is 21.0 Å². The molecule has 0 radical (unpaired) electrons. The Hall–Kier alpha value is -19.6. The van der Waals surface area contributed by atoms with Crippen LogP contribution in [0.5, 0.6) is 0 Å². The Morgan fingerprint density at radius 3 is 0.742 bits per heavy atom. The SMILES string of the molecule is N#Cc1cccc(-c2cc(-n3c4ccc(-c5ncccn5)cc4c4cc(-c5nccc(-c6ccnc(-c7ccc8c9ccc(-c%10ncccn%10)cc9n(-c9cc(C#N)c(-n%10c%11cc(-c%12ncccn%12)ccc%11c%11ccc(-c%12ncccn%12)cc%11%10)cc9-c9cccc(C#N)c9)c8c7)n6)n5)ccc43)c(C#N)cc2-n2c3ccc(-c4ncccn4)cc3c3cc(-c4ncccn4)ccc32)c1. The van der Waals surface area contributed by atoms with Crippen molar-refractivity contribution in [1.82, 2.24) is 98.0 Å². The van der Waals surface area contributed by atoms with Crippen LogP contribution in [0.1, 0.15) is 22.3 Å². The van der Waals surface area contributed by atoms with Gasteiger partial charge in [0.25, 0.3) is 0 Å². The van der Waals surface area contributed by atoms with E-state index in [4.69, 9.17) is 39.9 Å². The van der Waals surface area contributed by atoms with Crippen LogP contribution in [0.2, 0.25) is 0 Å². The molecule has 0 atom stereocenters. The molecule has 0 aliphatic rings. The Balaban J connectivity index is 0.655. The lowest BCUT2D eigenvalue weighted by Crippen LogP contribution is -2.04. The van der Waals surface area contributed by atoms with E-state index in [9.17, 15) is 21.0 Å². The normalized spacial score (nSPS) is 11.5. The number of fused-ring (bicyclic) bond motifs is 12. The van der Waals surface area contributed by atoms with Crippen molar-refractivity contribution in [3.8, 4) is 172 Å². The number of rotatable bonds is 15. The second-order valence-corrected chi connectivity index (χ2v) is 31.5. The van der Waals surface area contributed by atoms with E-state index in [0.717, 1.165) is 132 Å². The van der Waals surface area contributed by atoms with Gasteiger partial charge in [0.15, 0.2) is 46.6 Å². The van der Waals surface area contributed by atoms with Gasteiger partial charge in [-0.3, -0.25) is 0 Å². The molecule has 0 spiro atoms. The summed E-state index contributed by atoms with van der Waals surface area (Å²) in [5.41, 5.74) is 20.5. The lowest BCUT2D eigenvalue weighted by atomic mass is 9.97. The highest BCUT2D eigenvalue weighted by Crippen LogP contribution is 2.48. The fraction of sp³-hybridized carbons (Fsp3) is 0. The lowest BCUT2D eigenvalue weighted by molar-refractivity contribution is 1.12. The number of hydrogen-bond donors (Lipinski definition) is 0. The van der Waals surface area contributed by atoms with Crippen LogP contribution in [-0.4, -0.2) is 98.0 Å². The highest BCUT2D eigenvalue weighted by Gasteiger charge is 2.29. The molecule has 12 aromatic carbocycles. The van der Waals surface area contributed by atoms with E-state index < -0.39 is 0 Å². The standard InChI is InChI=1S/C108H58N24/c109-59-63-9-1-11-65(45-63)81-57-93(75(61-111)55-99(81)130-91-26-18-68(102-115-33-4-34-116-102)48-84(91)85-49-69(19-27-92(85)130)103-117-35-5-36-118-103)129-89-25-17-67(101-113-31-3-32-114-101)47-83(89)86-50-70(20-28-90(86)129)107-125-43-29-87(127-107)88-30-44-126-108(128-88)74-16-24-80-79-23-15-73(106-123-41-8-42-124-106)53-97(79)132(98(80)54-74)100-56-76(62-112)94(58-82(100)66-12-2-10-64(46-66)60-110)131-95-51-71(104-119-37-6-38-120-104)13-21-77(95)78-22-14-72(52-96(78)131)105-121-39-7-40-122-105/h1-58H. The molecular weight excluding hydrogens is 1630 g/mol. The van der Waals surface area contributed by atoms with Gasteiger partial charge in [0.05, 0.1) is 113 Å². The Morgan fingerprint density at radius 1 is 0.182 bits per heavy atom. The quantitative estimate of drug-likeness (QED) is 0.0920. The van der Waals surface area contributed by atoms with Crippen LogP contribution in [-0.2, 0) is 0 Å². The fourth-order valence-corrected chi connectivity index (χ4v) is 18.3. The van der Waals surface area contributed by atoms with Crippen molar-refractivity contribution in [2.75, 3.05) is 0 Å². The minimum absolute atomic E-state index is 0.341. The maximum atomic E-state index is 11.9. The van der Waals surface area contributed by atoms with Gasteiger partial charge in [-0.25, -0.2) is 79.7 Å². The minimum Gasteiger partial charge on any atom is -0.309 e. The predicted octanol–water partition coefficient (Wildman–Crippen LogP) is 22.2. The fourth-order valence-electron chi connectivity index (χ4n) is 18.3. The van der Waals surface area contributed by atoms with Crippen LogP contribution >= 0.6 is 0 Å². The third kappa shape index (κ3) is 12.9. The summed E-state index contributed by atoms with van der Waals surface area (Å²) in [7, 11) is 0. The van der Waals surface area contributed by atoms with Crippen molar-refractivity contribution < 1.29 is 0 Å². The van der Waals surface area contributed by atoms with Crippen LogP contribution in [0.15, 0.2) is 354 Å². The van der Waals surface area contributed by atoms with Crippen molar-refractivity contribution in [2.24, 2.45) is 0 Å². The summed E-state index contributed by atoms with van der Waals surface area (Å²) in [5.74, 6) is 4.07. The number of benzene rings is 12. The average Bonchev–Trinajstić information content (AvgIpc) is 1.56. The summed E-state index contributed by atoms with van der Waals surface area (Å²) in [6, 6.07) is 96.7. The predicted molar refractivity (Wildman–Crippen MR) is 507 cm³/mol. The zero-order valence-corrected chi connectivity index (χ0v) is 69.2. The van der Waals surface area contributed by atoms with E-state index >= 15 is 0 Å². The smallest absolute Gasteiger partial charge is 0.159 e. The molecule has 0 aliphatic heterocycles. The van der Waals surface area contributed by atoms with Gasteiger partial charge in [0.1, 0.15) is 12.1 Å². The van der Waals surface area contributed by atoms with Crippen LogP contribution in [0.3, 0.4) is 0 Å². The van der Waals surface area contributed by atoms with Crippen LogP contribution in [0, 0.1) is 45.3 Å². The third-order valence-corrected chi connectivity index (χ3v) is 24.1. The number of aromatic nitrogens is 20. The molecule has 24 nitrogen and oxygen atoms in total. The van der Waals surface area contributed by atoms with E-state index in [-0.39, 0.29) is 0 Å². The van der Waals surface area contributed by atoms with Gasteiger partial charge in [0.2, 0.25) is 0 Å². The van der Waals surface area contributed by atoms with Gasteiger partial charge in [-0.1, -0.05) is 72.8 Å². The monoisotopic (exact) mass is 1690 g/mol.